The molecule has 0 bridgehead atoms. The first-order chi connectivity index (χ1) is 10.1. The van der Waals surface area contributed by atoms with E-state index in [1.807, 2.05) is 13.0 Å². The second kappa shape index (κ2) is 7.22. The number of Topliss-reactive ketones (excluding diaryl/α,β-unsaturated/α-hetero) is 1. The summed E-state index contributed by atoms with van der Waals surface area (Å²) < 4.78 is 21.9. The highest BCUT2D eigenvalue weighted by atomic mass is 32.2. The lowest BCUT2D eigenvalue weighted by Crippen LogP contribution is -1.98. The molecule has 4 nitrogen and oxygen atoms in total. The van der Waals surface area contributed by atoms with Crippen molar-refractivity contribution in [1.29, 1.82) is 0 Å². The molecule has 112 valence electrons. The van der Waals surface area contributed by atoms with Crippen molar-refractivity contribution in [2.45, 2.75) is 19.8 Å². The van der Waals surface area contributed by atoms with Crippen molar-refractivity contribution in [3.05, 3.63) is 47.4 Å². The Morgan fingerprint density at radius 1 is 1.38 bits per heavy atom. The summed E-state index contributed by atoms with van der Waals surface area (Å²) in [5, 5.41) is 0. The van der Waals surface area contributed by atoms with E-state index in [9.17, 15) is 9.00 Å². The summed E-state index contributed by atoms with van der Waals surface area (Å²) in [5.74, 6) is 1.88. The van der Waals surface area contributed by atoms with E-state index in [2.05, 4.69) is 6.58 Å². The predicted molar refractivity (Wildman–Crippen MR) is 83.1 cm³/mol. The van der Waals surface area contributed by atoms with E-state index >= 15 is 0 Å². The lowest BCUT2D eigenvalue weighted by molar-refractivity contribution is 0.0983. The minimum Gasteiger partial charge on any atom is -0.454 e. The van der Waals surface area contributed by atoms with Gasteiger partial charge in [0, 0.05) is 22.6 Å². The molecular formula is C16H18O4S. The van der Waals surface area contributed by atoms with Crippen molar-refractivity contribution < 1.29 is 18.5 Å². The maximum absolute atomic E-state index is 12.1. The normalized spacial score (nSPS) is 14.3. The third kappa shape index (κ3) is 4.04. The molecule has 0 spiro atoms. The lowest BCUT2D eigenvalue weighted by atomic mass is 10.1. The first kappa shape index (κ1) is 15.5. The molecule has 1 aliphatic heterocycles. The maximum atomic E-state index is 12.1. The van der Waals surface area contributed by atoms with Gasteiger partial charge in [-0.1, -0.05) is 25.7 Å². The van der Waals surface area contributed by atoms with Crippen LogP contribution in [0.3, 0.4) is 0 Å². The number of carbonyl (C=O) groups is 1. The Labute approximate surface area is 126 Å². The fourth-order valence-electron chi connectivity index (χ4n) is 1.90. The number of hydrogen-bond donors (Lipinski definition) is 0. The third-order valence-corrected chi connectivity index (χ3v) is 4.34. The Morgan fingerprint density at radius 2 is 2.14 bits per heavy atom. The molecule has 1 aromatic carbocycles. The number of ether oxygens (including phenoxy) is 2. The van der Waals surface area contributed by atoms with E-state index in [4.69, 9.17) is 9.47 Å². The summed E-state index contributed by atoms with van der Waals surface area (Å²) in [7, 11) is -1.02. The van der Waals surface area contributed by atoms with Crippen LogP contribution in [0.5, 0.6) is 11.5 Å². The summed E-state index contributed by atoms with van der Waals surface area (Å²) in [6.07, 6.45) is 4.54. The summed E-state index contributed by atoms with van der Waals surface area (Å²) in [5.41, 5.74) is 0.614. The molecule has 1 heterocycles. The Morgan fingerprint density at radius 3 is 2.90 bits per heavy atom. The number of hydrogen-bond acceptors (Lipinski definition) is 4. The number of ketones is 1. The minimum atomic E-state index is -1.02. The van der Waals surface area contributed by atoms with Crippen LogP contribution >= 0.6 is 0 Å². The number of benzene rings is 1. The smallest absolute Gasteiger partial charge is 0.231 e. The van der Waals surface area contributed by atoms with Crippen LogP contribution in [-0.2, 0) is 10.8 Å². The van der Waals surface area contributed by atoms with E-state index in [1.54, 1.807) is 24.3 Å². The molecule has 1 unspecified atom stereocenters. The van der Waals surface area contributed by atoms with E-state index in [-0.39, 0.29) is 12.6 Å². The molecule has 0 N–H and O–H groups in total. The Bertz CT molecular complexity index is 604. The highest BCUT2D eigenvalue weighted by Gasteiger charge is 2.15. The van der Waals surface area contributed by atoms with E-state index < -0.39 is 10.8 Å². The van der Waals surface area contributed by atoms with E-state index in [0.717, 1.165) is 0 Å². The number of rotatable bonds is 7. The van der Waals surface area contributed by atoms with Gasteiger partial charge in [0.15, 0.2) is 17.3 Å². The van der Waals surface area contributed by atoms with Crippen molar-refractivity contribution in [3.63, 3.8) is 0 Å². The molecule has 0 fully saturated rings. The topological polar surface area (TPSA) is 52.6 Å². The van der Waals surface area contributed by atoms with Crippen LogP contribution in [-0.4, -0.2) is 22.5 Å². The van der Waals surface area contributed by atoms with Crippen molar-refractivity contribution in [2.24, 2.45) is 0 Å². The van der Waals surface area contributed by atoms with Gasteiger partial charge in [0.05, 0.1) is 10.8 Å². The molecule has 1 aliphatic rings. The van der Waals surface area contributed by atoms with Crippen molar-refractivity contribution in [1.82, 2.24) is 0 Å². The zero-order chi connectivity index (χ0) is 15.2. The van der Waals surface area contributed by atoms with Gasteiger partial charge in [-0.15, -0.1) is 0 Å². The van der Waals surface area contributed by atoms with Gasteiger partial charge in [-0.3, -0.25) is 9.00 Å². The molecule has 0 saturated heterocycles. The van der Waals surface area contributed by atoms with Gasteiger partial charge in [0.2, 0.25) is 6.79 Å². The van der Waals surface area contributed by atoms with Crippen LogP contribution < -0.4 is 9.47 Å². The third-order valence-electron chi connectivity index (χ3n) is 3.09. The first-order valence-electron chi connectivity index (χ1n) is 6.78. The summed E-state index contributed by atoms with van der Waals surface area (Å²) in [6.45, 7) is 5.78. The van der Waals surface area contributed by atoms with Gasteiger partial charge in [0.25, 0.3) is 0 Å². The molecule has 5 heteroatoms. The van der Waals surface area contributed by atoms with Crippen molar-refractivity contribution in [3.8, 4) is 11.5 Å². The first-order valence-corrected chi connectivity index (χ1v) is 8.10. The maximum Gasteiger partial charge on any atom is 0.231 e. The minimum absolute atomic E-state index is 0.0418. The van der Waals surface area contributed by atoms with Crippen LogP contribution in [0, 0.1) is 0 Å². The van der Waals surface area contributed by atoms with E-state index in [1.165, 1.54) is 0 Å². The summed E-state index contributed by atoms with van der Waals surface area (Å²) >= 11 is 0. The van der Waals surface area contributed by atoms with Crippen molar-refractivity contribution >= 4 is 16.6 Å². The number of fused-ring (bicyclic) bond motifs is 1. The van der Waals surface area contributed by atoms with Crippen LogP contribution in [0.25, 0.3) is 0 Å². The fourth-order valence-corrected chi connectivity index (χ4v) is 2.52. The Kier molecular flexibility index (Phi) is 5.33. The van der Waals surface area contributed by atoms with Gasteiger partial charge in [-0.2, -0.15) is 0 Å². The summed E-state index contributed by atoms with van der Waals surface area (Å²) in [4.78, 5) is 12.7. The van der Waals surface area contributed by atoms with Gasteiger partial charge in [-0.25, -0.2) is 0 Å². The zero-order valence-electron chi connectivity index (χ0n) is 12.0. The summed E-state index contributed by atoms with van der Waals surface area (Å²) in [6, 6.07) is 5.20. The molecule has 2 rings (SSSR count). The van der Waals surface area contributed by atoms with Gasteiger partial charge in [0.1, 0.15) is 0 Å². The molecular weight excluding hydrogens is 288 g/mol. The lowest BCUT2D eigenvalue weighted by Gasteiger charge is -2.01. The predicted octanol–water partition coefficient (Wildman–Crippen LogP) is 3.22. The zero-order valence-corrected chi connectivity index (χ0v) is 12.8. The molecule has 1 aromatic rings. The highest BCUT2D eigenvalue weighted by Crippen LogP contribution is 2.32. The van der Waals surface area contributed by atoms with Crippen molar-refractivity contribution in [2.75, 3.05) is 12.5 Å². The quantitative estimate of drug-likeness (QED) is 0.573. The molecule has 0 radical (unpaired) electrons. The number of allylic oxidation sites excluding steroid dienone is 2. The average Bonchev–Trinajstić information content (AvgIpc) is 2.97. The molecule has 0 aliphatic carbocycles. The van der Waals surface area contributed by atoms with Gasteiger partial charge >= 0.3 is 0 Å². The largest absolute Gasteiger partial charge is 0.454 e. The second-order valence-corrected chi connectivity index (χ2v) is 6.33. The van der Waals surface area contributed by atoms with Crippen LogP contribution in [0.15, 0.2) is 41.8 Å². The SMILES string of the molecule is C=C(/C=C\CCC(=O)c1ccc2c(c1)OCO2)S(=O)CC. The molecule has 1 atom stereocenters. The van der Waals surface area contributed by atoms with Crippen LogP contribution in [0.4, 0.5) is 0 Å². The second-order valence-electron chi connectivity index (χ2n) is 4.53. The Balaban J connectivity index is 1.86. The molecule has 0 amide bonds. The fraction of sp³-hybridized carbons (Fsp3) is 0.312. The van der Waals surface area contributed by atoms with Gasteiger partial charge < -0.3 is 9.47 Å². The number of carbonyl (C=O) groups excluding carboxylic acids is 1. The van der Waals surface area contributed by atoms with Gasteiger partial charge in [-0.05, 0) is 24.6 Å². The Hall–Kier alpha value is -1.88. The standard InChI is InChI=1S/C16H18O4S/c1-3-21(18)12(2)6-4-5-7-14(17)13-8-9-15-16(10-13)20-11-19-15/h4,6,8-10H,2-3,5,7,11H2,1H3/b6-4-. The molecule has 0 aromatic heterocycles. The molecule has 0 saturated carbocycles. The van der Waals surface area contributed by atoms with E-state index in [0.29, 0.717) is 40.6 Å². The molecule has 21 heavy (non-hydrogen) atoms. The highest BCUT2D eigenvalue weighted by molar-refractivity contribution is 7.89. The van der Waals surface area contributed by atoms with Crippen LogP contribution in [0.1, 0.15) is 30.1 Å². The average molecular weight is 306 g/mol. The monoisotopic (exact) mass is 306 g/mol. The van der Waals surface area contributed by atoms with Crippen LogP contribution in [0.2, 0.25) is 0 Å².